The topological polar surface area (TPSA) is 87.2 Å². The maximum atomic E-state index is 12.6. The monoisotopic (exact) mass is 386 g/mol. The van der Waals surface area contributed by atoms with Gasteiger partial charge in [-0.3, -0.25) is 14.4 Å². The highest BCUT2D eigenvalue weighted by Crippen LogP contribution is 2.22. The minimum Gasteiger partial charge on any atom is -0.350 e. The maximum absolute atomic E-state index is 12.6. The van der Waals surface area contributed by atoms with E-state index in [-0.39, 0.29) is 11.9 Å². The molecule has 1 amide bonds. The molecule has 2 N–H and O–H groups in total. The quantitative estimate of drug-likeness (QED) is 0.633. The molecule has 2 heterocycles. The molecular formula is C19H22N4O3S. The van der Waals surface area contributed by atoms with E-state index >= 15 is 0 Å². The molecule has 1 aromatic carbocycles. The summed E-state index contributed by atoms with van der Waals surface area (Å²) in [5, 5.41) is 4.97. The van der Waals surface area contributed by atoms with Gasteiger partial charge in [0.15, 0.2) is 0 Å². The molecule has 0 spiro atoms. The minimum absolute atomic E-state index is 0.0829. The Bertz CT molecular complexity index is 1070. The average Bonchev–Trinajstić information content (AvgIpc) is 3.16. The summed E-state index contributed by atoms with van der Waals surface area (Å²) in [6.45, 7) is 2.65. The van der Waals surface area contributed by atoms with Gasteiger partial charge in [-0.1, -0.05) is 6.07 Å². The molecule has 0 aliphatic heterocycles. The van der Waals surface area contributed by atoms with E-state index in [0.717, 1.165) is 0 Å². The van der Waals surface area contributed by atoms with Crippen LogP contribution < -0.4 is 16.4 Å². The van der Waals surface area contributed by atoms with Crippen LogP contribution in [-0.2, 0) is 6.54 Å². The van der Waals surface area contributed by atoms with Crippen LogP contribution in [0.25, 0.3) is 11.0 Å². The molecule has 2 aromatic heterocycles. The first-order chi connectivity index (χ1) is 12.9. The van der Waals surface area contributed by atoms with Gasteiger partial charge in [0.25, 0.3) is 5.91 Å². The zero-order chi connectivity index (χ0) is 19.6. The van der Waals surface area contributed by atoms with E-state index in [1.807, 2.05) is 31.6 Å². The zero-order valence-electron chi connectivity index (χ0n) is 15.5. The fourth-order valence-corrected chi connectivity index (χ4v) is 3.97. The van der Waals surface area contributed by atoms with E-state index in [9.17, 15) is 14.4 Å². The Morgan fingerprint density at radius 2 is 2.07 bits per heavy atom. The predicted molar refractivity (Wildman–Crippen MR) is 108 cm³/mol. The fraction of sp³-hybridized carbons (Fsp3) is 0.316. The Labute approximate surface area is 160 Å². The predicted octanol–water partition coefficient (Wildman–Crippen LogP) is 1.80. The van der Waals surface area contributed by atoms with Crippen molar-refractivity contribution in [3.05, 3.63) is 66.9 Å². The number of benzene rings is 1. The number of aryl methyl sites for hydroxylation is 1. The number of carbonyl (C=O) groups excluding carboxylic acids is 1. The second-order valence-corrected chi connectivity index (χ2v) is 7.42. The van der Waals surface area contributed by atoms with Gasteiger partial charge in [0, 0.05) is 23.5 Å². The van der Waals surface area contributed by atoms with Crippen LogP contribution in [0.1, 0.15) is 28.2 Å². The molecule has 0 fully saturated rings. The Balaban J connectivity index is 1.85. The highest BCUT2D eigenvalue weighted by atomic mass is 32.1. The van der Waals surface area contributed by atoms with E-state index in [1.165, 1.54) is 9.44 Å². The molecule has 142 valence electrons. The first kappa shape index (κ1) is 19.1. The molecule has 7 nitrogen and oxygen atoms in total. The number of hydrogen-bond acceptors (Lipinski definition) is 5. The summed E-state index contributed by atoms with van der Waals surface area (Å²) in [6, 6.07) is 9.08. The summed E-state index contributed by atoms with van der Waals surface area (Å²) >= 11 is 1.65. The van der Waals surface area contributed by atoms with Gasteiger partial charge in [0.05, 0.1) is 17.1 Å². The third-order valence-corrected chi connectivity index (χ3v) is 5.48. The number of thiophene rings is 1. The van der Waals surface area contributed by atoms with Crippen LogP contribution in [0.3, 0.4) is 0 Å². The van der Waals surface area contributed by atoms with Crippen LogP contribution in [0, 0.1) is 0 Å². The van der Waals surface area contributed by atoms with Gasteiger partial charge in [-0.15, -0.1) is 11.3 Å². The molecule has 0 bridgehead atoms. The van der Waals surface area contributed by atoms with E-state index < -0.39 is 11.1 Å². The third-order valence-electron chi connectivity index (χ3n) is 4.50. The smallest absolute Gasteiger partial charge is 0.316 e. The van der Waals surface area contributed by atoms with Crippen molar-refractivity contribution < 1.29 is 4.79 Å². The van der Waals surface area contributed by atoms with E-state index in [4.69, 9.17) is 0 Å². The normalized spacial score (nSPS) is 12.4. The fourth-order valence-electron chi connectivity index (χ4n) is 3.04. The van der Waals surface area contributed by atoms with Crippen molar-refractivity contribution in [1.82, 2.24) is 19.8 Å². The molecule has 0 saturated heterocycles. The number of carbonyl (C=O) groups is 1. The molecule has 0 radical (unpaired) electrons. The zero-order valence-corrected chi connectivity index (χ0v) is 16.3. The molecule has 1 unspecified atom stereocenters. The van der Waals surface area contributed by atoms with Crippen molar-refractivity contribution in [2.75, 3.05) is 20.6 Å². The standard InChI is InChI=1S/C19H22N4O3S/c1-4-23-14-8-7-12(10-13(14)21-18(25)19(23)26)17(24)20-11-15(22(2)3)16-6-5-9-27-16/h5-10,15H,4,11H2,1-3H3,(H,20,24)(H,21,25). The largest absolute Gasteiger partial charge is 0.350 e. The Kier molecular flexibility index (Phi) is 5.57. The number of aromatic amines is 1. The number of hydrogen-bond donors (Lipinski definition) is 2. The van der Waals surface area contributed by atoms with Gasteiger partial charge in [0.2, 0.25) is 0 Å². The van der Waals surface area contributed by atoms with Crippen LogP contribution in [0.15, 0.2) is 45.3 Å². The maximum Gasteiger partial charge on any atom is 0.316 e. The van der Waals surface area contributed by atoms with E-state index in [1.54, 1.807) is 36.5 Å². The van der Waals surface area contributed by atoms with Crippen molar-refractivity contribution in [1.29, 1.82) is 0 Å². The van der Waals surface area contributed by atoms with Crippen LogP contribution >= 0.6 is 11.3 Å². The highest BCUT2D eigenvalue weighted by Gasteiger charge is 2.17. The number of aromatic nitrogens is 2. The van der Waals surface area contributed by atoms with Crippen molar-refractivity contribution >= 4 is 28.3 Å². The minimum atomic E-state index is -0.688. The van der Waals surface area contributed by atoms with Crippen molar-refractivity contribution in [2.45, 2.75) is 19.5 Å². The second-order valence-electron chi connectivity index (χ2n) is 6.44. The lowest BCUT2D eigenvalue weighted by Gasteiger charge is -2.23. The summed E-state index contributed by atoms with van der Waals surface area (Å²) < 4.78 is 1.40. The molecule has 3 rings (SSSR count). The van der Waals surface area contributed by atoms with E-state index in [2.05, 4.69) is 15.2 Å². The molecule has 0 saturated carbocycles. The van der Waals surface area contributed by atoms with Crippen LogP contribution in [0.4, 0.5) is 0 Å². The summed E-state index contributed by atoms with van der Waals surface area (Å²) in [7, 11) is 3.95. The molecule has 0 aliphatic rings. The van der Waals surface area contributed by atoms with Crippen molar-refractivity contribution in [3.8, 4) is 0 Å². The van der Waals surface area contributed by atoms with Gasteiger partial charge in [-0.25, -0.2) is 0 Å². The summed E-state index contributed by atoms with van der Waals surface area (Å²) in [4.78, 5) is 42.1. The van der Waals surface area contributed by atoms with Gasteiger partial charge >= 0.3 is 11.1 Å². The van der Waals surface area contributed by atoms with Crippen LogP contribution in [0.2, 0.25) is 0 Å². The van der Waals surface area contributed by atoms with Gasteiger partial charge in [0.1, 0.15) is 0 Å². The number of nitrogens with zero attached hydrogens (tertiary/aromatic N) is 2. The lowest BCUT2D eigenvalue weighted by Crippen LogP contribution is -2.36. The van der Waals surface area contributed by atoms with Crippen LogP contribution in [0.5, 0.6) is 0 Å². The van der Waals surface area contributed by atoms with Crippen molar-refractivity contribution in [2.24, 2.45) is 0 Å². The molecule has 3 aromatic rings. The average molecular weight is 386 g/mol. The number of fused-ring (bicyclic) bond motifs is 1. The number of rotatable bonds is 6. The lowest BCUT2D eigenvalue weighted by atomic mass is 10.1. The van der Waals surface area contributed by atoms with Crippen molar-refractivity contribution in [3.63, 3.8) is 0 Å². The first-order valence-corrected chi connectivity index (χ1v) is 9.55. The SMILES string of the molecule is CCn1c(=O)c(=O)[nH]c2cc(C(=O)NCC(c3cccs3)N(C)C)ccc21. The van der Waals surface area contributed by atoms with Gasteiger partial charge in [-0.2, -0.15) is 0 Å². The number of H-pyrrole nitrogens is 1. The number of likely N-dealkylation sites (N-methyl/N-ethyl adjacent to an activating group) is 1. The Morgan fingerprint density at radius 3 is 2.70 bits per heavy atom. The third kappa shape index (κ3) is 3.86. The summed E-state index contributed by atoms with van der Waals surface area (Å²) in [6.07, 6.45) is 0. The molecule has 0 aliphatic carbocycles. The van der Waals surface area contributed by atoms with Gasteiger partial charge < -0.3 is 19.8 Å². The number of amides is 1. The Hall–Kier alpha value is -2.71. The highest BCUT2D eigenvalue weighted by molar-refractivity contribution is 7.10. The summed E-state index contributed by atoms with van der Waals surface area (Å²) in [5.41, 5.74) is 0.224. The van der Waals surface area contributed by atoms with Gasteiger partial charge in [-0.05, 0) is 50.7 Å². The molecule has 27 heavy (non-hydrogen) atoms. The first-order valence-electron chi connectivity index (χ1n) is 8.67. The molecule has 1 atom stereocenters. The molecule has 8 heteroatoms. The van der Waals surface area contributed by atoms with Crippen LogP contribution in [-0.4, -0.2) is 41.0 Å². The molecular weight excluding hydrogens is 364 g/mol. The Morgan fingerprint density at radius 1 is 1.30 bits per heavy atom. The van der Waals surface area contributed by atoms with E-state index in [0.29, 0.717) is 29.7 Å². The second kappa shape index (κ2) is 7.89. The summed E-state index contributed by atoms with van der Waals surface area (Å²) in [5.74, 6) is -0.226. The lowest BCUT2D eigenvalue weighted by molar-refractivity contribution is 0.0942. The number of nitrogens with one attached hydrogen (secondary N) is 2.